The topological polar surface area (TPSA) is 76.0 Å². The molecular formula is C27H33NO4S2. The van der Waals surface area contributed by atoms with Crippen LogP contribution in [0.25, 0.3) is 0 Å². The van der Waals surface area contributed by atoms with Gasteiger partial charge in [0.15, 0.2) is 0 Å². The van der Waals surface area contributed by atoms with E-state index in [1.807, 2.05) is 37.3 Å². The Labute approximate surface area is 207 Å². The van der Waals surface area contributed by atoms with Crippen LogP contribution in [0.4, 0.5) is 0 Å². The molecule has 0 saturated heterocycles. The minimum absolute atomic E-state index is 0.0461. The van der Waals surface area contributed by atoms with E-state index < -0.39 is 16.2 Å². The molecule has 3 rings (SSSR count). The van der Waals surface area contributed by atoms with E-state index >= 15 is 0 Å². The van der Waals surface area contributed by atoms with Crippen molar-refractivity contribution in [2.45, 2.75) is 68.3 Å². The van der Waals surface area contributed by atoms with Crippen molar-refractivity contribution in [3.8, 4) is 0 Å². The van der Waals surface area contributed by atoms with Gasteiger partial charge < -0.3 is 5.11 Å². The molecule has 0 fully saturated rings. The maximum atomic E-state index is 12.6. The molecule has 2 atom stereocenters. The monoisotopic (exact) mass is 499 g/mol. The minimum atomic E-state index is -4.05. The molecule has 1 aliphatic carbocycles. The number of thioether (sulfide) groups is 1. The van der Waals surface area contributed by atoms with E-state index in [1.54, 1.807) is 23.9 Å². The number of hydrogen-bond acceptors (Lipinski definition) is 6. The van der Waals surface area contributed by atoms with Crippen LogP contribution in [0.5, 0.6) is 0 Å². The van der Waals surface area contributed by atoms with E-state index in [9.17, 15) is 13.5 Å². The number of nitrogens with zero attached hydrogens (tertiary/aromatic N) is 1. The van der Waals surface area contributed by atoms with Crippen molar-refractivity contribution in [3.05, 3.63) is 83.3 Å². The molecule has 2 unspecified atom stereocenters. The second-order valence-corrected chi connectivity index (χ2v) is 11.1. The van der Waals surface area contributed by atoms with E-state index in [4.69, 9.17) is 4.28 Å². The first kappa shape index (κ1) is 26.3. The predicted octanol–water partition coefficient (Wildman–Crippen LogP) is 6.64. The molecule has 2 aromatic rings. The highest BCUT2D eigenvalue weighted by Crippen LogP contribution is 2.32. The number of benzene rings is 2. The standard InChI is InChI=1S/C27H33NO4S2/c1-3-4-5-9-12-26(28-32-34(30,31)25-19-13-21(2)14-20-25)27(29)22-15-17-24(18-16-22)33-23-10-7-6-8-11-23/h6-8,10-11,13-15,17-20,22,27,29H,3-5,9,12,16H2,1-2H3/b28-26+. The van der Waals surface area contributed by atoms with Gasteiger partial charge in [0.25, 0.3) is 0 Å². The zero-order chi connectivity index (χ0) is 24.4. The second-order valence-electron chi connectivity index (χ2n) is 8.46. The number of allylic oxidation sites excluding steroid dienone is 2. The zero-order valence-corrected chi connectivity index (χ0v) is 21.4. The van der Waals surface area contributed by atoms with Crippen LogP contribution in [-0.2, 0) is 14.4 Å². The molecule has 1 N–H and O–H groups in total. The second kappa shape index (κ2) is 12.9. The summed E-state index contributed by atoms with van der Waals surface area (Å²) in [6.07, 6.45) is 10.3. The van der Waals surface area contributed by atoms with Gasteiger partial charge >= 0.3 is 10.1 Å². The Kier molecular flexibility index (Phi) is 9.99. The fourth-order valence-corrected chi connectivity index (χ4v) is 5.27. The third-order valence-electron chi connectivity index (χ3n) is 5.67. The van der Waals surface area contributed by atoms with Gasteiger partial charge in [-0.2, -0.15) is 8.42 Å². The summed E-state index contributed by atoms with van der Waals surface area (Å²) in [6.45, 7) is 4.02. The Bertz CT molecular complexity index is 1110. The average Bonchev–Trinajstić information content (AvgIpc) is 2.84. The van der Waals surface area contributed by atoms with Crippen LogP contribution in [0.2, 0.25) is 0 Å². The summed E-state index contributed by atoms with van der Waals surface area (Å²) in [7, 11) is -4.05. The maximum absolute atomic E-state index is 12.6. The van der Waals surface area contributed by atoms with Gasteiger partial charge in [0.1, 0.15) is 11.0 Å². The van der Waals surface area contributed by atoms with E-state index in [2.05, 4.69) is 30.3 Å². The molecule has 0 spiro atoms. The first-order valence-electron chi connectivity index (χ1n) is 11.8. The van der Waals surface area contributed by atoms with Crippen molar-refractivity contribution < 1.29 is 17.8 Å². The minimum Gasteiger partial charge on any atom is -0.386 e. The smallest absolute Gasteiger partial charge is 0.358 e. The molecule has 0 aliphatic heterocycles. The molecule has 0 amide bonds. The van der Waals surface area contributed by atoms with Crippen molar-refractivity contribution >= 4 is 27.6 Å². The normalized spacial score (nSPS) is 17.3. The number of oxime groups is 1. The number of aliphatic hydroxyl groups excluding tert-OH is 1. The van der Waals surface area contributed by atoms with Crippen molar-refractivity contribution in [2.24, 2.45) is 11.1 Å². The molecule has 5 nitrogen and oxygen atoms in total. The highest BCUT2D eigenvalue weighted by atomic mass is 32.2. The molecule has 2 aromatic carbocycles. The van der Waals surface area contributed by atoms with Crippen LogP contribution in [0.15, 0.2) is 92.7 Å². The van der Waals surface area contributed by atoms with Gasteiger partial charge in [0, 0.05) is 15.7 Å². The van der Waals surface area contributed by atoms with E-state index in [0.717, 1.165) is 41.0 Å². The van der Waals surface area contributed by atoms with Crippen LogP contribution >= 0.6 is 11.8 Å². The van der Waals surface area contributed by atoms with E-state index in [-0.39, 0.29) is 10.8 Å². The SMILES string of the molecule is CCCCCC/C(=N\OS(=O)(=O)c1ccc(C)cc1)C(O)C1C=CC(Sc2ccccc2)=CC1. The molecule has 0 radical (unpaired) electrons. The van der Waals surface area contributed by atoms with Gasteiger partial charge in [0.05, 0.1) is 5.71 Å². The largest absolute Gasteiger partial charge is 0.386 e. The number of aliphatic hydroxyl groups is 1. The third-order valence-corrected chi connectivity index (χ3v) is 7.84. The van der Waals surface area contributed by atoms with Crippen LogP contribution in [0.3, 0.4) is 0 Å². The van der Waals surface area contributed by atoms with Crippen LogP contribution in [0.1, 0.15) is 51.0 Å². The van der Waals surface area contributed by atoms with Crippen molar-refractivity contribution in [1.82, 2.24) is 0 Å². The number of aryl methyl sites for hydroxylation is 1. The predicted molar refractivity (Wildman–Crippen MR) is 139 cm³/mol. The van der Waals surface area contributed by atoms with E-state index in [0.29, 0.717) is 18.6 Å². The molecule has 182 valence electrons. The Morgan fingerprint density at radius 2 is 1.85 bits per heavy atom. The fraction of sp³-hybridized carbons (Fsp3) is 0.370. The summed E-state index contributed by atoms with van der Waals surface area (Å²) in [5, 5.41) is 15.0. The number of rotatable bonds is 12. The molecule has 1 aliphatic rings. The lowest BCUT2D eigenvalue weighted by molar-refractivity contribution is 0.187. The van der Waals surface area contributed by atoms with Gasteiger partial charge in [-0.3, -0.25) is 4.28 Å². The molecule has 0 aromatic heterocycles. The van der Waals surface area contributed by atoms with Crippen molar-refractivity contribution in [3.63, 3.8) is 0 Å². The molecule has 0 saturated carbocycles. The third kappa shape index (κ3) is 7.86. The lowest BCUT2D eigenvalue weighted by Gasteiger charge is -2.23. The summed E-state index contributed by atoms with van der Waals surface area (Å²) in [5.74, 6) is -0.185. The molecule has 34 heavy (non-hydrogen) atoms. The molecule has 7 heteroatoms. The Balaban J connectivity index is 1.69. The molecule has 0 bridgehead atoms. The maximum Gasteiger partial charge on any atom is 0.358 e. The molecule has 0 heterocycles. The van der Waals surface area contributed by atoms with Crippen LogP contribution in [0, 0.1) is 12.8 Å². The van der Waals surface area contributed by atoms with Crippen LogP contribution < -0.4 is 0 Å². The summed E-state index contributed by atoms with van der Waals surface area (Å²) in [4.78, 5) is 2.32. The highest BCUT2D eigenvalue weighted by Gasteiger charge is 2.25. The van der Waals surface area contributed by atoms with Gasteiger partial charge in [-0.15, -0.1) is 0 Å². The lowest BCUT2D eigenvalue weighted by Crippen LogP contribution is -2.29. The summed E-state index contributed by atoms with van der Waals surface area (Å²) < 4.78 is 30.2. The Hall–Kier alpha value is -2.35. The quantitative estimate of drug-likeness (QED) is 0.201. The average molecular weight is 500 g/mol. The van der Waals surface area contributed by atoms with Crippen LogP contribution in [-0.4, -0.2) is 25.3 Å². The Morgan fingerprint density at radius 3 is 2.50 bits per heavy atom. The Morgan fingerprint density at radius 1 is 1.12 bits per heavy atom. The van der Waals surface area contributed by atoms with E-state index in [1.165, 1.54) is 12.1 Å². The number of hydrogen-bond donors (Lipinski definition) is 1. The zero-order valence-electron chi connectivity index (χ0n) is 19.8. The van der Waals surface area contributed by atoms with Gasteiger partial charge in [0.2, 0.25) is 0 Å². The lowest BCUT2D eigenvalue weighted by atomic mass is 9.90. The van der Waals surface area contributed by atoms with Crippen molar-refractivity contribution in [1.29, 1.82) is 0 Å². The molecular weight excluding hydrogens is 466 g/mol. The first-order valence-corrected chi connectivity index (χ1v) is 14.0. The number of unbranched alkanes of at least 4 members (excludes halogenated alkanes) is 3. The van der Waals surface area contributed by atoms with Gasteiger partial charge in [-0.25, -0.2) is 0 Å². The summed E-state index contributed by atoms with van der Waals surface area (Å²) >= 11 is 1.68. The van der Waals surface area contributed by atoms with Gasteiger partial charge in [-0.05, 0) is 50.5 Å². The van der Waals surface area contributed by atoms with Crippen molar-refractivity contribution in [2.75, 3.05) is 0 Å². The summed E-state index contributed by atoms with van der Waals surface area (Å²) in [5.41, 5.74) is 1.32. The highest BCUT2D eigenvalue weighted by molar-refractivity contribution is 8.03. The first-order chi connectivity index (χ1) is 16.4. The fourth-order valence-electron chi connectivity index (χ4n) is 3.62. The summed E-state index contributed by atoms with van der Waals surface area (Å²) in [6, 6.07) is 16.6. The van der Waals surface area contributed by atoms with Gasteiger partial charge in [-0.1, -0.05) is 97.2 Å².